The monoisotopic (exact) mass is 436 g/mol. The van der Waals surface area contributed by atoms with Gasteiger partial charge in [-0.3, -0.25) is 9.59 Å². The average molecular weight is 438 g/mol. The van der Waals surface area contributed by atoms with Crippen molar-refractivity contribution in [1.82, 2.24) is 0 Å². The minimum atomic E-state index is -0.313. The standard InChI is InChI=1S/C19H18BrClN2O3/c1-11-2-6-14(9-16(11)23-19(25)12-3-4-12)22-18(24)10-26-17-7-5-13(20)8-15(17)21/h2,5-9,12H,3-4,10H2,1H3,(H,22,24)(H,23,25). The Morgan fingerprint density at radius 1 is 1.19 bits per heavy atom. The molecule has 2 amide bonds. The molecule has 0 atom stereocenters. The lowest BCUT2D eigenvalue weighted by Crippen LogP contribution is -2.20. The molecule has 0 aliphatic heterocycles. The molecule has 0 saturated heterocycles. The summed E-state index contributed by atoms with van der Waals surface area (Å²) in [6.45, 7) is 1.74. The molecule has 1 fully saturated rings. The Bertz CT molecular complexity index is 853. The number of anilines is 2. The summed E-state index contributed by atoms with van der Waals surface area (Å²) >= 11 is 9.38. The lowest BCUT2D eigenvalue weighted by Gasteiger charge is -2.12. The van der Waals surface area contributed by atoms with E-state index in [4.69, 9.17) is 16.3 Å². The molecule has 0 radical (unpaired) electrons. The van der Waals surface area contributed by atoms with Crippen LogP contribution in [0, 0.1) is 12.8 Å². The summed E-state index contributed by atoms with van der Waals surface area (Å²) < 4.78 is 6.28. The highest BCUT2D eigenvalue weighted by Gasteiger charge is 2.29. The zero-order valence-corrected chi connectivity index (χ0v) is 16.5. The molecule has 1 aliphatic carbocycles. The van der Waals surface area contributed by atoms with Gasteiger partial charge in [0.1, 0.15) is 5.75 Å². The molecule has 0 bridgehead atoms. The van der Waals surface area contributed by atoms with Crippen LogP contribution in [0.25, 0.3) is 0 Å². The van der Waals surface area contributed by atoms with Crippen molar-refractivity contribution in [2.45, 2.75) is 19.8 Å². The minimum Gasteiger partial charge on any atom is -0.482 e. The Balaban J connectivity index is 1.59. The quantitative estimate of drug-likeness (QED) is 0.683. The van der Waals surface area contributed by atoms with Crippen LogP contribution in [0.4, 0.5) is 11.4 Å². The second-order valence-electron chi connectivity index (χ2n) is 6.20. The van der Waals surface area contributed by atoms with E-state index in [2.05, 4.69) is 26.6 Å². The number of ether oxygens (including phenoxy) is 1. The molecule has 5 nitrogen and oxygen atoms in total. The number of carbonyl (C=O) groups is 2. The summed E-state index contributed by atoms with van der Waals surface area (Å²) in [5.74, 6) is 0.278. The molecule has 2 N–H and O–H groups in total. The van der Waals surface area contributed by atoms with Gasteiger partial charge in [0.25, 0.3) is 5.91 Å². The molecular weight excluding hydrogens is 420 g/mol. The molecule has 7 heteroatoms. The smallest absolute Gasteiger partial charge is 0.262 e. The van der Waals surface area contributed by atoms with Crippen molar-refractivity contribution in [3.05, 3.63) is 51.5 Å². The van der Waals surface area contributed by atoms with Crippen LogP contribution in [-0.4, -0.2) is 18.4 Å². The van der Waals surface area contributed by atoms with Gasteiger partial charge in [-0.1, -0.05) is 33.6 Å². The summed E-state index contributed by atoms with van der Waals surface area (Å²) in [6.07, 6.45) is 1.88. The number of aryl methyl sites for hydroxylation is 1. The van der Waals surface area contributed by atoms with Crippen LogP contribution in [0.2, 0.25) is 5.02 Å². The van der Waals surface area contributed by atoms with Gasteiger partial charge in [-0.25, -0.2) is 0 Å². The van der Waals surface area contributed by atoms with E-state index >= 15 is 0 Å². The predicted octanol–water partition coefficient (Wildman–Crippen LogP) is 4.78. The zero-order chi connectivity index (χ0) is 18.7. The van der Waals surface area contributed by atoms with Gasteiger partial charge in [0.2, 0.25) is 5.91 Å². The lowest BCUT2D eigenvalue weighted by molar-refractivity contribution is -0.118. The highest BCUT2D eigenvalue weighted by molar-refractivity contribution is 9.10. The SMILES string of the molecule is Cc1ccc(NC(=O)COc2ccc(Br)cc2Cl)cc1NC(=O)C1CC1. The predicted molar refractivity (Wildman–Crippen MR) is 106 cm³/mol. The van der Waals surface area contributed by atoms with Crippen molar-refractivity contribution in [2.75, 3.05) is 17.2 Å². The largest absolute Gasteiger partial charge is 0.482 e. The van der Waals surface area contributed by atoms with E-state index in [1.165, 1.54) is 0 Å². The Labute approximate surface area is 165 Å². The number of rotatable bonds is 6. The lowest BCUT2D eigenvalue weighted by atomic mass is 10.1. The normalized spacial score (nSPS) is 13.2. The number of amides is 2. The molecule has 3 rings (SSSR count). The van der Waals surface area contributed by atoms with Crippen LogP contribution in [0.5, 0.6) is 5.75 Å². The van der Waals surface area contributed by atoms with Crippen LogP contribution in [0.3, 0.4) is 0 Å². The maximum atomic E-state index is 12.1. The average Bonchev–Trinajstić information content (AvgIpc) is 3.42. The van der Waals surface area contributed by atoms with Crippen molar-refractivity contribution < 1.29 is 14.3 Å². The molecule has 0 heterocycles. The summed E-state index contributed by atoms with van der Waals surface area (Å²) in [6, 6.07) is 10.6. The summed E-state index contributed by atoms with van der Waals surface area (Å²) in [7, 11) is 0. The third-order valence-electron chi connectivity index (χ3n) is 3.98. The second-order valence-corrected chi connectivity index (χ2v) is 7.53. The number of nitrogens with one attached hydrogen (secondary N) is 2. The van der Waals surface area contributed by atoms with E-state index in [1.54, 1.807) is 30.3 Å². The Morgan fingerprint density at radius 2 is 1.96 bits per heavy atom. The number of carbonyl (C=O) groups excluding carboxylic acids is 2. The van der Waals surface area contributed by atoms with E-state index in [1.807, 2.05) is 13.0 Å². The van der Waals surface area contributed by atoms with Gasteiger partial charge in [0.15, 0.2) is 6.61 Å². The molecule has 2 aromatic carbocycles. The van der Waals surface area contributed by atoms with Gasteiger partial charge in [-0.15, -0.1) is 0 Å². The molecule has 26 heavy (non-hydrogen) atoms. The van der Waals surface area contributed by atoms with Gasteiger partial charge in [0, 0.05) is 21.8 Å². The molecule has 0 unspecified atom stereocenters. The van der Waals surface area contributed by atoms with Crippen molar-refractivity contribution in [3.8, 4) is 5.75 Å². The van der Waals surface area contributed by atoms with Crippen molar-refractivity contribution >= 4 is 50.7 Å². The Morgan fingerprint density at radius 3 is 2.65 bits per heavy atom. The fourth-order valence-corrected chi connectivity index (χ4v) is 3.08. The number of benzene rings is 2. The number of hydrogen-bond donors (Lipinski definition) is 2. The van der Waals surface area contributed by atoms with E-state index in [-0.39, 0.29) is 24.3 Å². The van der Waals surface area contributed by atoms with Crippen LogP contribution in [0.1, 0.15) is 18.4 Å². The van der Waals surface area contributed by atoms with Crippen molar-refractivity contribution in [3.63, 3.8) is 0 Å². The number of halogens is 2. The number of hydrogen-bond acceptors (Lipinski definition) is 3. The van der Waals surface area contributed by atoms with Gasteiger partial charge in [-0.05, 0) is 55.7 Å². The first-order chi connectivity index (χ1) is 12.4. The first-order valence-corrected chi connectivity index (χ1v) is 9.38. The van der Waals surface area contributed by atoms with E-state index in [0.29, 0.717) is 22.1 Å². The summed E-state index contributed by atoms with van der Waals surface area (Å²) in [4.78, 5) is 24.1. The first kappa shape index (κ1) is 18.7. The third kappa shape index (κ3) is 4.99. The maximum Gasteiger partial charge on any atom is 0.262 e. The summed E-state index contributed by atoms with van der Waals surface area (Å²) in [5, 5.41) is 6.10. The van der Waals surface area contributed by atoms with Gasteiger partial charge in [-0.2, -0.15) is 0 Å². The highest BCUT2D eigenvalue weighted by Crippen LogP contribution is 2.31. The zero-order valence-electron chi connectivity index (χ0n) is 14.1. The maximum absolute atomic E-state index is 12.1. The van der Waals surface area contributed by atoms with Crippen LogP contribution >= 0.6 is 27.5 Å². The van der Waals surface area contributed by atoms with Crippen molar-refractivity contribution in [1.29, 1.82) is 0 Å². The second kappa shape index (κ2) is 8.10. The third-order valence-corrected chi connectivity index (χ3v) is 4.77. The van der Waals surface area contributed by atoms with Gasteiger partial charge in [0.05, 0.1) is 5.02 Å². The van der Waals surface area contributed by atoms with Crippen molar-refractivity contribution in [2.24, 2.45) is 5.92 Å². The molecule has 1 aliphatic rings. The minimum absolute atomic E-state index is 0.0322. The summed E-state index contributed by atoms with van der Waals surface area (Å²) in [5.41, 5.74) is 2.24. The fraction of sp³-hybridized carbons (Fsp3) is 0.263. The molecule has 0 spiro atoms. The molecular formula is C19H18BrClN2O3. The van der Waals surface area contributed by atoms with Crippen LogP contribution in [0.15, 0.2) is 40.9 Å². The molecule has 136 valence electrons. The Hall–Kier alpha value is -2.05. The first-order valence-electron chi connectivity index (χ1n) is 8.21. The van der Waals surface area contributed by atoms with E-state index in [0.717, 1.165) is 22.9 Å². The van der Waals surface area contributed by atoms with Crippen LogP contribution in [-0.2, 0) is 9.59 Å². The molecule has 2 aromatic rings. The van der Waals surface area contributed by atoms with Crippen LogP contribution < -0.4 is 15.4 Å². The fourth-order valence-electron chi connectivity index (χ4n) is 2.35. The van der Waals surface area contributed by atoms with E-state index < -0.39 is 0 Å². The highest BCUT2D eigenvalue weighted by atomic mass is 79.9. The molecule has 1 saturated carbocycles. The topological polar surface area (TPSA) is 67.4 Å². The Kier molecular flexibility index (Phi) is 5.84. The van der Waals surface area contributed by atoms with Gasteiger partial charge < -0.3 is 15.4 Å². The van der Waals surface area contributed by atoms with Gasteiger partial charge >= 0.3 is 0 Å². The van der Waals surface area contributed by atoms with E-state index in [9.17, 15) is 9.59 Å². The molecule has 0 aromatic heterocycles.